The molecule has 0 spiro atoms. The van der Waals surface area contributed by atoms with Crippen LogP contribution >= 0.6 is 0 Å². The van der Waals surface area contributed by atoms with Crippen LogP contribution < -0.4 is 4.74 Å². The molecule has 196 valence electrons. The van der Waals surface area contributed by atoms with E-state index in [4.69, 9.17) is 9.47 Å². The number of hydrogen-bond acceptors (Lipinski definition) is 5. The summed E-state index contributed by atoms with van der Waals surface area (Å²) in [6, 6.07) is 17.5. The molecule has 0 bridgehead atoms. The second-order valence-corrected chi connectivity index (χ2v) is 9.79. The third-order valence-electron chi connectivity index (χ3n) is 7.38. The first-order valence-electron chi connectivity index (χ1n) is 11.7. The maximum Gasteiger partial charge on any atom is 0.428 e. The highest BCUT2D eigenvalue weighted by Crippen LogP contribution is 2.75. The molecule has 1 aliphatic rings. The van der Waals surface area contributed by atoms with Crippen LogP contribution in [0, 0.1) is 28.1 Å². The van der Waals surface area contributed by atoms with Gasteiger partial charge in [0.15, 0.2) is 0 Å². The monoisotopic (exact) mass is 515 g/mol. The van der Waals surface area contributed by atoms with Gasteiger partial charge >= 0.3 is 18.1 Å². The molecule has 0 saturated heterocycles. The number of benzene rings is 2. The van der Waals surface area contributed by atoms with Crippen molar-refractivity contribution in [3.63, 3.8) is 0 Å². The molecule has 0 radical (unpaired) electrons. The Bertz CT molecular complexity index is 1230. The molecule has 2 aromatic rings. The van der Waals surface area contributed by atoms with Gasteiger partial charge in [-0.25, -0.2) is 4.79 Å². The Morgan fingerprint density at radius 2 is 1.76 bits per heavy atom. The maximum absolute atomic E-state index is 13.3. The average Bonchev–Trinajstić information content (AvgIpc) is 3.33. The van der Waals surface area contributed by atoms with Gasteiger partial charge in [-0.3, -0.25) is 4.79 Å². The Kier molecular flexibility index (Phi) is 7.45. The molecule has 3 rings (SSSR count). The van der Waals surface area contributed by atoms with Crippen molar-refractivity contribution in [2.45, 2.75) is 51.8 Å². The molecule has 1 fully saturated rings. The molecular weight excluding hydrogens is 487 g/mol. The van der Waals surface area contributed by atoms with E-state index in [0.29, 0.717) is 17.1 Å². The number of esters is 1. The molecule has 6 nitrogen and oxygen atoms in total. The molecule has 2 aromatic carbocycles. The largest absolute Gasteiger partial charge is 0.481 e. The van der Waals surface area contributed by atoms with Crippen molar-refractivity contribution in [2.24, 2.45) is 16.7 Å². The summed E-state index contributed by atoms with van der Waals surface area (Å²) in [6.07, 6.45) is -3.20. The zero-order valence-corrected chi connectivity index (χ0v) is 20.9. The van der Waals surface area contributed by atoms with Crippen molar-refractivity contribution in [3.05, 3.63) is 72.3 Å². The molecule has 1 aliphatic carbocycles. The van der Waals surface area contributed by atoms with Crippen molar-refractivity contribution in [1.82, 2.24) is 0 Å². The van der Waals surface area contributed by atoms with Crippen molar-refractivity contribution in [3.8, 4) is 17.6 Å². The minimum atomic E-state index is -4.77. The zero-order chi connectivity index (χ0) is 27.6. The summed E-state index contributed by atoms with van der Waals surface area (Å²) >= 11 is 0. The lowest BCUT2D eigenvalue weighted by molar-refractivity contribution is -0.262. The first kappa shape index (κ1) is 27.8. The van der Waals surface area contributed by atoms with Crippen LogP contribution in [0.25, 0.3) is 0 Å². The van der Waals surface area contributed by atoms with Gasteiger partial charge in [-0.05, 0) is 48.6 Å². The van der Waals surface area contributed by atoms with E-state index < -0.39 is 52.8 Å². The van der Waals surface area contributed by atoms with E-state index in [0.717, 1.165) is 13.0 Å². The van der Waals surface area contributed by atoms with Crippen LogP contribution in [0.4, 0.5) is 13.2 Å². The van der Waals surface area contributed by atoms with Crippen LogP contribution in [0.1, 0.15) is 45.6 Å². The Labute approximate surface area is 213 Å². The Morgan fingerprint density at radius 1 is 1.14 bits per heavy atom. The minimum Gasteiger partial charge on any atom is -0.481 e. The fourth-order valence-electron chi connectivity index (χ4n) is 4.90. The van der Waals surface area contributed by atoms with Gasteiger partial charge in [0, 0.05) is 12.0 Å². The number of carboxylic acid groups (broad SMARTS) is 1. The average molecular weight is 516 g/mol. The predicted molar refractivity (Wildman–Crippen MR) is 129 cm³/mol. The number of aliphatic carboxylic acids is 1. The third kappa shape index (κ3) is 4.93. The maximum atomic E-state index is 13.3. The third-order valence-corrected chi connectivity index (χ3v) is 7.38. The topological polar surface area (TPSA) is 96.6 Å². The first-order chi connectivity index (χ1) is 17.2. The van der Waals surface area contributed by atoms with Crippen LogP contribution in [0.2, 0.25) is 0 Å². The number of hydrogen-bond donors (Lipinski definition) is 1. The summed E-state index contributed by atoms with van der Waals surface area (Å²) in [7, 11) is 0. The predicted octanol–water partition coefficient (Wildman–Crippen LogP) is 6.64. The molecule has 0 aromatic heterocycles. The van der Waals surface area contributed by atoms with Gasteiger partial charge < -0.3 is 14.6 Å². The lowest BCUT2D eigenvalue weighted by atomic mass is 9.78. The van der Waals surface area contributed by atoms with E-state index in [2.05, 4.69) is 6.07 Å². The number of allylic oxidation sites excluding steroid dienone is 1. The van der Waals surface area contributed by atoms with Gasteiger partial charge in [-0.2, -0.15) is 18.4 Å². The number of nitrogens with zero attached hydrogens (tertiary/aromatic N) is 1. The van der Waals surface area contributed by atoms with Gasteiger partial charge in [0.25, 0.3) is 0 Å². The SMILES string of the molecule is CC[C@](C)(OC(=O)/C=C\[C@H]1C(C)(C)[C@]1(C(=O)O)[C@@H](C#N)c1cccc(Oc2ccccc2)c1)C(F)(F)F. The highest BCUT2D eigenvalue weighted by atomic mass is 19.4. The zero-order valence-electron chi connectivity index (χ0n) is 20.9. The van der Waals surface area contributed by atoms with Crippen molar-refractivity contribution in [1.29, 1.82) is 5.26 Å². The molecule has 4 atom stereocenters. The van der Waals surface area contributed by atoms with Crippen LogP contribution in [0.3, 0.4) is 0 Å². The van der Waals surface area contributed by atoms with E-state index in [-0.39, 0.29) is 0 Å². The van der Waals surface area contributed by atoms with E-state index in [9.17, 15) is 33.1 Å². The number of rotatable bonds is 9. The molecule has 37 heavy (non-hydrogen) atoms. The highest BCUT2D eigenvalue weighted by Gasteiger charge is 2.78. The number of para-hydroxylation sites is 1. The Balaban J connectivity index is 1.91. The number of carboxylic acids is 1. The van der Waals surface area contributed by atoms with Crippen LogP contribution in [0.15, 0.2) is 66.7 Å². The molecule has 1 saturated carbocycles. The van der Waals surface area contributed by atoms with Crippen molar-refractivity contribution >= 4 is 11.9 Å². The summed E-state index contributed by atoms with van der Waals surface area (Å²) < 4.78 is 50.5. The summed E-state index contributed by atoms with van der Waals surface area (Å²) in [5.74, 6) is -3.49. The fraction of sp³-hybridized carbons (Fsp3) is 0.393. The Hall–Kier alpha value is -3.80. The number of nitriles is 1. The van der Waals surface area contributed by atoms with Crippen LogP contribution in [-0.4, -0.2) is 28.8 Å². The highest BCUT2D eigenvalue weighted by molar-refractivity contribution is 5.86. The molecule has 0 amide bonds. The molecule has 0 aliphatic heterocycles. The lowest BCUT2D eigenvalue weighted by Crippen LogP contribution is -2.45. The molecule has 0 unspecified atom stereocenters. The van der Waals surface area contributed by atoms with Crippen molar-refractivity contribution < 1.29 is 37.3 Å². The van der Waals surface area contributed by atoms with Gasteiger partial charge in [-0.1, -0.05) is 57.2 Å². The summed E-state index contributed by atoms with van der Waals surface area (Å²) in [4.78, 5) is 24.9. The number of carbonyl (C=O) groups is 2. The minimum absolute atomic E-state index is 0.403. The second-order valence-electron chi connectivity index (χ2n) is 9.79. The smallest absolute Gasteiger partial charge is 0.428 e. The lowest BCUT2D eigenvalue weighted by Gasteiger charge is -2.30. The standard InChI is InChI=1S/C28H28F3NO5/c1-5-26(4,28(29,30)31)37-23(33)15-14-22-25(2,3)27(22,24(34)35)21(17-32)18-10-9-13-20(16-18)36-19-11-7-6-8-12-19/h6-16,21-22H,5H2,1-4H3,(H,34,35)/b15-14-/t21-,22-,26-,27+/m0/s1. The molecular formula is C28H28F3NO5. The van der Waals surface area contributed by atoms with E-state index >= 15 is 0 Å². The second kappa shape index (κ2) is 9.92. The van der Waals surface area contributed by atoms with E-state index in [1.807, 2.05) is 6.07 Å². The fourth-order valence-corrected chi connectivity index (χ4v) is 4.90. The summed E-state index contributed by atoms with van der Waals surface area (Å²) in [6.45, 7) is 5.30. The van der Waals surface area contributed by atoms with E-state index in [1.54, 1.807) is 62.4 Å². The van der Waals surface area contributed by atoms with Crippen LogP contribution in [-0.2, 0) is 14.3 Å². The number of halogens is 3. The quantitative estimate of drug-likeness (QED) is 0.297. The number of carbonyl (C=O) groups excluding carboxylic acids is 1. The first-order valence-corrected chi connectivity index (χ1v) is 11.7. The van der Waals surface area contributed by atoms with Gasteiger partial charge in [0.1, 0.15) is 16.9 Å². The van der Waals surface area contributed by atoms with E-state index in [1.165, 1.54) is 13.0 Å². The van der Waals surface area contributed by atoms with Gasteiger partial charge in [0.05, 0.1) is 12.0 Å². The van der Waals surface area contributed by atoms with Gasteiger partial charge in [0.2, 0.25) is 5.60 Å². The van der Waals surface area contributed by atoms with Gasteiger partial charge in [-0.15, -0.1) is 0 Å². The summed E-state index contributed by atoms with van der Waals surface area (Å²) in [5, 5.41) is 20.4. The molecule has 0 heterocycles. The summed E-state index contributed by atoms with van der Waals surface area (Å²) in [5.41, 5.74) is -4.90. The normalized spacial score (nSPS) is 22.9. The molecule has 1 N–H and O–H groups in total. The number of ether oxygens (including phenoxy) is 2. The van der Waals surface area contributed by atoms with Crippen LogP contribution in [0.5, 0.6) is 11.5 Å². The molecule has 9 heteroatoms. The number of alkyl halides is 3. The van der Waals surface area contributed by atoms with Crippen molar-refractivity contribution in [2.75, 3.05) is 0 Å². The Morgan fingerprint density at radius 3 is 2.30 bits per heavy atom.